The van der Waals surface area contributed by atoms with Crippen molar-refractivity contribution in [3.63, 3.8) is 0 Å². The van der Waals surface area contributed by atoms with Gasteiger partial charge in [0.05, 0.1) is 0 Å². The van der Waals surface area contributed by atoms with E-state index in [0.717, 1.165) is 12.5 Å². The SMILES string of the molecule is CCCNC1CCC(C)(CCc2ccnn2C)C1. The molecule has 1 saturated carbocycles. The summed E-state index contributed by atoms with van der Waals surface area (Å²) < 4.78 is 2.01. The Balaban J connectivity index is 1.80. The van der Waals surface area contributed by atoms with Gasteiger partial charge in [-0.25, -0.2) is 0 Å². The van der Waals surface area contributed by atoms with E-state index in [1.54, 1.807) is 0 Å². The molecule has 0 spiro atoms. The number of rotatable bonds is 6. The number of nitrogens with one attached hydrogen (secondary N) is 1. The third-order valence-electron chi connectivity index (χ3n) is 4.43. The average molecular weight is 249 g/mol. The van der Waals surface area contributed by atoms with Crippen molar-refractivity contribution < 1.29 is 0 Å². The number of hydrogen-bond acceptors (Lipinski definition) is 2. The van der Waals surface area contributed by atoms with Gasteiger partial charge in [-0.1, -0.05) is 13.8 Å². The standard InChI is InChI=1S/C15H27N3/c1-4-10-16-13-5-8-15(2,12-13)9-6-14-7-11-17-18(14)3/h7,11,13,16H,4-6,8-10,12H2,1-3H3. The monoisotopic (exact) mass is 249 g/mol. The van der Waals surface area contributed by atoms with Crippen LogP contribution >= 0.6 is 0 Å². The minimum Gasteiger partial charge on any atom is -0.314 e. The van der Waals surface area contributed by atoms with E-state index in [0.29, 0.717) is 5.41 Å². The van der Waals surface area contributed by atoms with Crippen LogP contribution in [0.25, 0.3) is 0 Å². The second-order valence-corrected chi connectivity index (χ2v) is 6.15. The maximum atomic E-state index is 4.24. The van der Waals surface area contributed by atoms with Crippen molar-refractivity contribution in [3.8, 4) is 0 Å². The zero-order valence-corrected chi connectivity index (χ0v) is 12.1. The number of aryl methyl sites for hydroxylation is 2. The molecule has 0 amide bonds. The molecule has 1 aliphatic rings. The quantitative estimate of drug-likeness (QED) is 0.840. The van der Waals surface area contributed by atoms with Crippen LogP contribution in [-0.4, -0.2) is 22.4 Å². The van der Waals surface area contributed by atoms with Crippen molar-refractivity contribution in [2.24, 2.45) is 12.5 Å². The Kier molecular flexibility index (Phi) is 4.44. The van der Waals surface area contributed by atoms with E-state index in [4.69, 9.17) is 0 Å². The molecule has 0 bridgehead atoms. The van der Waals surface area contributed by atoms with E-state index < -0.39 is 0 Å². The Morgan fingerprint density at radius 2 is 2.39 bits per heavy atom. The Morgan fingerprint density at radius 1 is 1.56 bits per heavy atom. The number of nitrogens with zero attached hydrogens (tertiary/aromatic N) is 2. The van der Waals surface area contributed by atoms with E-state index in [-0.39, 0.29) is 0 Å². The molecule has 0 radical (unpaired) electrons. The van der Waals surface area contributed by atoms with Crippen LogP contribution in [0.4, 0.5) is 0 Å². The molecule has 102 valence electrons. The van der Waals surface area contributed by atoms with E-state index >= 15 is 0 Å². The minimum atomic E-state index is 0.523. The molecule has 2 rings (SSSR count). The summed E-state index contributed by atoms with van der Waals surface area (Å²) in [6, 6.07) is 2.90. The van der Waals surface area contributed by atoms with Crippen molar-refractivity contribution in [1.82, 2.24) is 15.1 Å². The van der Waals surface area contributed by atoms with Gasteiger partial charge in [0.25, 0.3) is 0 Å². The lowest BCUT2D eigenvalue weighted by atomic mass is 9.83. The molecule has 1 aromatic heterocycles. The highest BCUT2D eigenvalue weighted by Crippen LogP contribution is 2.41. The van der Waals surface area contributed by atoms with Crippen LogP contribution in [0, 0.1) is 5.41 Å². The van der Waals surface area contributed by atoms with Gasteiger partial charge in [-0.05, 0) is 56.6 Å². The number of aromatic nitrogens is 2. The molecule has 0 aliphatic heterocycles. The van der Waals surface area contributed by atoms with Crippen molar-refractivity contribution in [2.75, 3.05) is 6.54 Å². The van der Waals surface area contributed by atoms with Gasteiger partial charge in [-0.2, -0.15) is 5.10 Å². The first-order valence-corrected chi connectivity index (χ1v) is 7.33. The van der Waals surface area contributed by atoms with Crippen LogP contribution in [0.2, 0.25) is 0 Å². The van der Waals surface area contributed by atoms with Gasteiger partial charge in [0.2, 0.25) is 0 Å². The van der Waals surface area contributed by atoms with Crippen molar-refractivity contribution >= 4 is 0 Å². The predicted octanol–water partition coefficient (Wildman–Crippen LogP) is 2.91. The molecule has 0 aromatic carbocycles. The zero-order valence-electron chi connectivity index (χ0n) is 12.1. The lowest BCUT2D eigenvalue weighted by molar-refractivity contribution is 0.295. The fraction of sp³-hybridized carbons (Fsp3) is 0.800. The smallest absolute Gasteiger partial charge is 0.0492 e. The van der Waals surface area contributed by atoms with Gasteiger partial charge in [0.15, 0.2) is 0 Å². The van der Waals surface area contributed by atoms with Crippen molar-refractivity contribution in [2.45, 2.75) is 58.4 Å². The normalized spacial score (nSPS) is 27.8. The molecular formula is C15H27N3. The van der Waals surface area contributed by atoms with Gasteiger partial charge >= 0.3 is 0 Å². The van der Waals surface area contributed by atoms with Gasteiger partial charge < -0.3 is 5.32 Å². The molecule has 1 fully saturated rings. The Bertz CT molecular complexity index is 372. The topological polar surface area (TPSA) is 29.9 Å². The fourth-order valence-corrected chi connectivity index (χ4v) is 3.15. The van der Waals surface area contributed by atoms with Gasteiger partial charge in [-0.15, -0.1) is 0 Å². The molecule has 0 saturated heterocycles. The summed E-state index contributed by atoms with van der Waals surface area (Å²) in [5.41, 5.74) is 1.89. The highest BCUT2D eigenvalue weighted by Gasteiger charge is 2.34. The summed E-state index contributed by atoms with van der Waals surface area (Å²) in [6.07, 6.45) is 9.64. The van der Waals surface area contributed by atoms with Crippen LogP contribution < -0.4 is 5.32 Å². The molecule has 2 unspecified atom stereocenters. The molecule has 1 N–H and O–H groups in total. The minimum absolute atomic E-state index is 0.523. The van der Waals surface area contributed by atoms with Gasteiger partial charge in [0.1, 0.15) is 0 Å². The maximum Gasteiger partial charge on any atom is 0.0492 e. The molecule has 3 heteroatoms. The summed E-state index contributed by atoms with van der Waals surface area (Å²) >= 11 is 0. The van der Waals surface area contributed by atoms with E-state index in [2.05, 4.69) is 30.3 Å². The summed E-state index contributed by atoms with van der Waals surface area (Å²) in [7, 11) is 2.04. The average Bonchev–Trinajstić information content (AvgIpc) is 2.92. The summed E-state index contributed by atoms with van der Waals surface area (Å²) in [5, 5.41) is 7.92. The van der Waals surface area contributed by atoms with E-state index in [1.807, 2.05) is 17.9 Å². The Morgan fingerprint density at radius 3 is 3.06 bits per heavy atom. The molecule has 1 aromatic rings. The van der Waals surface area contributed by atoms with Gasteiger partial charge in [-0.3, -0.25) is 4.68 Å². The molecule has 3 nitrogen and oxygen atoms in total. The zero-order chi connectivity index (χ0) is 13.0. The summed E-state index contributed by atoms with van der Waals surface area (Å²) in [5.74, 6) is 0. The second kappa shape index (κ2) is 5.87. The second-order valence-electron chi connectivity index (χ2n) is 6.15. The first-order valence-electron chi connectivity index (χ1n) is 7.33. The van der Waals surface area contributed by atoms with Crippen molar-refractivity contribution in [3.05, 3.63) is 18.0 Å². The first-order chi connectivity index (χ1) is 8.63. The fourth-order valence-electron chi connectivity index (χ4n) is 3.15. The third-order valence-corrected chi connectivity index (χ3v) is 4.43. The highest BCUT2D eigenvalue weighted by atomic mass is 15.2. The lowest BCUT2D eigenvalue weighted by Gasteiger charge is -2.24. The molecular weight excluding hydrogens is 222 g/mol. The summed E-state index contributed by atoms with van der Waals surface area (Å²) in [4.78, 5) is 0. The predicted molar refractivity (Wildman–Crippen MR) is 75.6 cm³/mol. The summed E-state index contributed by atoms with van der Waals surface area (Å²) in [6.45, 7) is 5.86. The van der Waals surface area contributed by atoms with Crippen LogP contribution in [0.5, 0.6) is 0 Å². The molecule has 1 aliphatic carbocycles. The van der Waals surface area contributed by atoms with Crippen molar-refractivity contribution in [1.29, 1.82) is 0 Å². The van der Waals surface area contributed by atoms with Crippen LogP contribution in [0.3, 0.4) is 0 Å². The molecule has 2 atom stereocenters. The molecule has 1 heterocycles. The first kappa shape index (κ1) is 13.6. The van der Waals surface area contributed by atoms with E-state index in [9.17, 15) is 0 Å². The van der Waals surface area contributed by atoms with Gasteiger partial charge in [0, 0.05) is 25.0 Å². The van der Waals surface area contributed by atoms with Crippen LogP contribution in [0.1, 0.15) is 51.6 Å². The maximum absolute atomic E-state index is 4.24. The van der Waals surface area contributed by atoms with E-state index in [1.165, 1.54) is 44.3 Å². The number of hydrogen-bond donors (Lipinski definition) is 1. The highest BCUT2D eigenvalue weighted by molar-refractivity contribution is 5.02. The van der Waals surface area contributed by atoms with Crippen LogP contribution in [-0.2, 0) is 13.5 Å². The molecule has 18 heavy (non-hydrogen) atoms. The van der Waals surface area contributed by atoms with Crippen LogP contribution in [0.15, 0.2) is 12.3 Å². The lowest BCUT2D eigenvalue weighted by Crippen LogP contribution is -2.28. The Hall–Kier alpha value is -0.830. The Labute approximate surface area is 111 Å². The largest absolute Gasteiger partial charge is 0.314 e. The third kappa shape index (κ3) is 3.35.